The maximum Gasteiger partial charge on any atom is 0.325 e. The van der Waals surface area contributed by atoms with Gasteiger partial charge < -0.3 is 21.1 Å². The maximum atomic E-state index is 12.1. The second-order valence-electron chi connectivity index (χ2n) is 4.97. The molecular formula is C11H19N3O3. The van der Waals surface area contributed by atoms with Gasteiger partial charge in [-0.25, -0.2) is 0 Å². The van der Waals surface area contributed by atoms with Crippen molar-refractivity contribution in [2.75, 3.05) is 19.6 Å². The van der Waals surface area contributed by atoms with E-state index in [2.05, 4.69) is 5.32 Å². The topological polar surface area (TPSA) is 95.7 Å². The van der Waals surface area contributed by atoms with Gasteiger partial charge >= 0.3 is 5.97 Å². The lowest BCUT2D eigenvalue weighted by atomic mass is 9.90. The zero-order valence-electron chi connectivity index (χ0n) is 9.82. The second kappa shape index (κ2) is 4.62. The number of aliphatic carboxylic acids is 1. The van der Waals surface area contributed by atoms with Crippen molar-refractivity contribution in [1.29, 1.82) is 0 Å². The van der Waals surface area contributed by atoms with Gasteiger partial charge in [0.25, 0.3) is 0 Å². The van der Waals surface area contributed by atoms with Gasteiger partial charge in [0.05, 0.1) is 6.04 Å². The van der Waals surface area contributed by atoms with Crippen LogP contribution >= 0.6 is 0 Å². The highest BCUT2D eigenvalue weighted by atomic mass is 16.4. The number of likely N-dealkylation sites (tertiary alicyclic amines) is 1. The van der Waals surface area contributed by atoms with Gasteiger partial charge in [0.1, 0.15) is 5.54 Å². The van der Waals surface area contributed by atoms with E-state index in [1.54, 1.807) is 4.90 Å². The SMILES string of the molecule is N[C@]1(C(=O)O)CCCN(C(=O)[C@@H]2CCCN2)C1. The molecule has 1 amide bonds. The maximum absolute atomic E-state index is 12.1. The lowest BCUT2D eigenvalue weighted by Gasteiger charge is -2.38. The number of nitrogens with one attached hydrogen (secondary N) is 1. The normalized spacial score (nSPS) is 33.7. The number of carbonyl (C=O) groups is 2. The molecule has 0 aromatic heterocycles. The molecule has 96 valence electrons. The molecule has 17 heavy (non-hydrogen) atoms. The van der Waals surface area contributed by atoms with Crippen molar-refractivity contribution in [2.24, 2.45) is 5.73 Å². The summed E-state index contributed by atoms with van der Waals surface area (Å²) in [7, 11) is 0. The van der Waals surface area contributed by atoms with Crippen LogP contribution < -0.4 is 11.1 Å². The van der Waals surface area contributed by atoms with Crippen molar-refractivity contribution in [3.63, 3.8) is 0 Å². The summed E-state index contributed by atoms with van der Waals surface area (Å²) in [6.45, 7) is 1.60. The van der Waals surface area contributed by atoms with Crippen LogP contribution in [0.2, 0.25) is 0 Å². The fourth-order valence-electron chi connectivity index (χ4n) is 2.56. The van der Waals surface area contributed by atoms with Crippen LogP contribution in [-0.2, 0) is 9.59 Å². The third-order valence-electron chi connectivity index (χ3n) is 3.62. The lowest BCUT2D eigenvalue weighted by molar-refractivity contribution is -0.148. The fourth-order valence-corrected chi connectivity index (χ4v) is 2.56. The number of carbonyl (C=O) groups excluding carboxylic acids is 1. The van der Waals surface area contributed by atoms with Crippen LogP contribution in [0.4, 0.5) is 0 Å². The third kappa shape index (κ3) is 2.42. The Morgan fingerprint density at radius 3 is 2.76 bits per heavy atom. The van der Waals surface area contributed by atoms with E-state index in [0.29, 0.717) is 19.4 Å². The molecule has 4 N–H and O–H groups in total. The van der Waals surface area contributed by atoms with Crippen LogP contribution in [0.5, 0.6) is 0 Å². The summed E-state index contributed by atoms with van der Waals surface area (Å²) in [5, 5.41) is 12.2. The smallest absolute Gasteiger partial charge is 0.325 e. The van der Waals surface area contributed by atoms with Gasteiger partial charge in [-0.3, -0.25) is 9.59 Å². The highest BCUT2D eigenvalue weighted by Crippen LogP contribution is 2.21. The van der Waals surface area contributed by atoms with Crippen molar-refractivity contribution in [3.05, 3.63) is 0 Å². The number of amides is 1. The number of nitrogens with two attached hydrogens (primary N) is 1. The Hall–Kier alpha value is -1.14. The molecule has 0 aromatic rings. The molecule has 0 aromatic carbocycles. The first kappa shape index (κ1) is 12.3. The zero-order chi connectivity index (χ0) is 12.5. The van der Waals surface area contributed by atoms with Crippen LogP contribution in [0.15, 0.2) is 0 Å². The van der Waals surface area contributed by atoms with E-state index in [1.165, 1.54) is 0 Å². The third-order valence-corrected chi connectivity index (χ3v) is 3.62. The van der Waals surface area contributed by atoms with Gasteiger partial charge in [-0.1, -0.05) is 0 Å². The number of nitrogens with zero attached hydrogens (tertiary/aromatic N) is 1. The summed E-state index contributed by atoms with van der Waals surface area (Å²) in [5.74, 6) is -1.02. The van der Waals surface area contributed by atoms with Gasteiger partial charge in [-0.15, -0.1) is 0 Å². The molecule has 2 rings (SSSR count). The van der Waals surface area contributed by atoms with Gasteiger partial charge in [0, 0.05) is 13.1 Å². The molecule has 2 fully saturated rings. The molecule has 2 aliphatic heterocycles. The molecule has 0 spiro atoms. The summed E-state index contributed by atoms with van der Waals surface area (Å²) < 4.78 is 0. The number of piperidine rings is 1. The van der Waals surface area contributed by atoms with Crippen molar-refractivity contribution in [3.8, 4) is 0 Å². The first-order chi connectivity index (χ1) is 8.03. The molecule has 0 radical (unpaired) electrons. The Morgan fingerprint density at radius 1 is 1.41 bits per heavy atom. The first-order valence-corrected chi connectivity index (χ1v) is 6.07. The number of hydrogen-bond donors (Lipinski definition) is 3. The molecule has 0 saturated carbocycles. The quantitative estimate of drug-likeness (QED) is 0.585. The van der Waals surface area contributed by atoms with Crippen molar-refractivity contribution >= 4 is 11.9 Å². The number of carboxylic acid groups (broad SMARTS) is 1. The van der Waals surface area contributed by atoms with Gasteiger partial charge in [-0.05, 0) is 32.2 Å². The molecule has 0 aliphatic carbocycles. The van der Waals surface area contributed by atoms with Crippen LogP contribution in [-0.4, -0.2) is 53.1 Å². The van der Waals surface area contributed by atoms with Gasteiger partial charge in [-0.2, -0.15) is 0 Å². The van der Waals surface area contributed by atoms with Crippen LogP contribution in [0, 0.1) is 0 Å². The molecule has 0 bridgehead atoms. The Balaban J connectivity index is 2.01. The first-order valence-electron chi connectivity index (χ1n) is 6.07. The second-order valence-corrected chi connectivity index (χ2v) is 4.97. The molecule has 6 nitrogen and oxygen atoms in total. The van der Waals surface area contributed by atoms with Crippen LogP contribution in [0.3, 0.4) is 0 Å². The number of rotatable bonds is 2. The van der Waals surface area contributed by atoms with Gasteiger partial charge in [0.2, 0.25) is 5.91 Å². The highest BCUT2D eigenvalue weighted by molar-refractivity contribution is 5.85. The van der Waals surface area contributed by atoms with E-state index < -0.39 is 11.5 Å². The Labute approximate surface area is 100 Å². The summed E-state index contributed by atoms with van der Waals surface area (Å²) in [4.78, 5) is 24.8. The largest absolute Gasteiger partial charge is 0.480 e. The Kier molecular flexibility index (Phi) is 3.35. The summed E-state index contributed by atoms with van der Waals surface area (Å²) in [6.07, 6.45) is 2.92. The zero-order valence-corrected chi connectivity index (χ0v) is 9.82. The van der Waals surface area contributed by atoms with E-state index >= 15 is 0 Å². The highest BCUT2D eigenvalue weighted by Gasteiger charge is 2.41. The number of hydrogen-bond acceptors (Lipinski definition) is 4. The summed E-state index contributed by atoms with van der Waals surface area (Å²) in [5.41, 5.74) is 4.54. The molecule has 0 unspecified atom stereocenters. The lowest BCUT2D eigenvalue weighted by Crippen LogP contribution is -2.62. The van der Waals surface area contributed by atoms with Crippen molar-refractivity contribution in [2.45, 2.75) is 37.3 Å². The monoisotopic (exact) mass is 241 g/mol. The predicted octanol–water partition coefficient (Wildman–Crippen LogP) is -0.857. The van der Waals surface area contributed by atoms with Crippen molar-refractivity contribution < 1.29 is 14.7 Å². The van der Waals surface area contributed by atoms with E-state index in [1.807, 2.05) is 0 Å². The minimum absolute atomic E-state index is 0.00160. The predicted molar refractivity (Wildman–Crippen MR) is 61.4 cm³/mol. The molecule has 6 heteroatoms. The molecule has 2 aliphatic rings. The Morgan fingerprint density at radius 2 is 2.18 bits per heavy atom. The van der Waals surface area contributed by atoms with E-state index in [-0.39, 0.29) is 18.5 Å². The van der Waals surface area contributed by atoms with E-state index in [0.717, 1.165) is 19.4 Å². The minimum atomic E-state index is -1.27. The molecule has 2 saturated heterocycles. The summed E-state index contributed by atoms with van der Waals surface area (Å²) >= 11 is 0. The van der Waals surface area contributed by atoms with Crippen LogP contribution in [0.25, 0.3) is 0 Å². The average molecular weight is 241 g/mol. The van der Waals surface area contributed by atoms with E-state index in [9.17, 15) is 9.59 Å². The summed E-state index contributed by atoms with van der Waals surface area (Å²) in [6, 6.07) is -0.147. The molecule has 2 atom stereocenters. The minimum Gasteiger partial charge on any atom is -0.480 e. The van der Waals surface area contributed by atoms with Gasteiger partial charge in [0.15, 0.2) is 0 Å². The van der Waals surface area contributed by atoms with E-state index in [4.69, 9.17) is 10.8 Å². The standard InChI is InChI=1S/C11H19N3O3/c12-11(10(16)17)4-2-6-14(7-11)9(15)8-3-1-5-13-8/h8,13H,1-7,12H2,(H,16,17)/t8-,11+/m0/s1. The van der Waals surface area contributed by atoms with Crippen LogP contribution in [0.1, 0.15) is 25.7 Å². The average Bonchev–Trinajstić information content (AvgIpc) is 2.81. The number of carboxylic acids is 1. The Bertz CT molecular complexity index is 328. The van der Waals surface area contributed by atoms with Crippen molar-refractivity contribution in [1.82, 2.24) is 10.2 Å². The fraction of sp³-hybridized carbons (Fsp3) is 0.818. The molecule has 2 heterocycles. The molecular weight excluding hydrogens is 222 g/mol.